The van der Waals surface area contributed by atoms with E-state index in [1.54, 1.807) is 0 Å². The van der Waals surface area contributed by atoms with E-state index in [1.165, 1.54) is 5.56 Å². The number of benzene rings is 2. The molecular weight excluding hydrogens is 480 g/mol. The molecule has 2 amide bonds. The van der Waals surface area contributed by atoms with Gasteiger partial charge in [0.05, 0.1) is 6.04 Å². The molecule has 0 aliphatic heterocycles. The first kappa shape index (κ1) is 25.3. The Morgan fingerprint density at radius 3 is 2.36 bits per heavy atom. The monoisotopic (exact) mass is 514 g/mol. The van der Waals surface area contributed by atoms with Gasteiger partial charge in [-0.05, 0) is 82.1 Å². The van der Waals surface area contributed by atoms with Crippen molar-refractivity contribution >= 4 is 27.9 Å². The Morgan fingerprint density at radius 2 is 1.73 bits per heavy atom. The largest absolute Gasteiger partial charge is 0.444 e. The number of alkyl carbamates (subject to hydrolysis) is 1. The van der Waals surface area contributed by atoms with Crippen molar-refractivity contribution in [1.82, 2.24) is 10.6 Å². The van der Waals surface area contributed by atoms with Gasteiger partial charge >= 0.3 is 6.09 Å². The van der Waals surface area contributed by atoms with Gasteiger partial charge in [-0.1, -0.05) is 58.4 Å². The van der Waals surface area contributed by atoms with E-state index in [2.05, 4.69) is 50.8 Å². The van der Waals surface area contributed by atoms with Crippen LogP contribution in [0.3, 0.4) is 0 Å². The fraction of sp³-hybridized carbons (Fsp3) is 0.481. The second-order valence-electron chi connectivity index (χ2n) is 9.91. The lowest BCUT2D eigenvalue weighted by Gasteiger charge is -2.30. The number of amides is 2. The number of ether oxygens (including phenoxy) is 1. The number of nitrogens with one attached hydrogen (secondary N) is 2. The van der Waals surface area contributed by atoms with Gasteiger partial charge in [-0.2, -0.15) is 0 Å². The van der Waals surface area contributed by atoms with Crippen LogP contribution in [0.15, 0.2) is 59.1 Å². The summed E-state index contributed by atoms with van der Waals surface area (Å²) >= 11 is 3.55. The van der Waals surface area contributed by atoms with Crippen molar-refractivity contribution in [2.24, 2.45) is 11.8 Å². The van der Waals surface area contributed by atoms with Gasteiger partial charge in [0.1, 0.15) is 5.60 Å². The quantitative estimate of drug-likeness (QED) is 0.463. The molecule has 0 aromatic heterocycles. The van der Waals surface area contributed by atoms with Crippen LogP contribution in [0.2, 0.25) is 0 Å². The predicted octanol–water partition coefficient (Wildman–Crippen LogP) is 6.18. The molecule has 178 valence electrons. The maximum Gasteiger partial charge on any atom is 0.407 e. The molecule has 0 bridgehead atoms. The van der Waals surface area contributed by atoms with Gasteiger partial charge in [-0.3, -0.25) is 4.79 Å². The Morgan fingerprint density at radius 1 is 1.03 bits per heavy atom. The smallest absolute Gasteiger partial charge is 0.407 e. The second-order valence-corrected chi connectivity index (χ2v) is 10.8. The SMILES string of the molecule is CC(C)(C)OC(=O)NCC1CCC(C(=O)N[C@H](Cc2ccccc2)c2cccc(Br)c2)CC1. The highest BCUT2D eigenvalue weighted by Gasteiger charge is 2.28. The molecule has 0 heterocycles. The third kappa shape index (κ3) is 8.50. The van der Waals surface area contributed by atoms with E-state index in [0.29, 0.717) is 12.5 Å². The van der Waals surface area contributed by atoms with Crippen LogP contribution in [0.5, 0.6) is 0 Å². The minimum Gasteiger partial charge on any atom is -0.444 e. The van der Waals surface area contributed by atoms with Crippen LogP contribution < -0.4 is 10.6 Å². The van der Waals surface area contributed by atoms with Gasteiger partial charge in [0, 0.05) is 16.9 Å². The Labute approximate surface area is 205 Å². The standard InChI is InChI=1S/C27H35BrN2O3/c1-27(2,3)33-26(32)29-18-20-12-14-21(15-13-20)25(31)30-24(16-19-8-5-4-6-9-19)22-10-7-11-23(28)17-22/h4-11,17,20-21,24H,12-16,18H2,1-3H3,(H,29,32)(H,30,31)/t20?,21?,24-/m1/s1. The van der Waals surface area contributed by atoms with Crippen molar-refractivity contribution in [2.75, 3.05) is 6.54 Å². The van der Waals surface area contributed by atoms with Gasteiger partial charge in [0.15, 0.2) is 0 Å². The molecule has 6 heteroatoms. The van der Waals surface area contributed by atoms with E-state index in [-0.39, 0.29) is 24.0 Å². The number of hydrogen-bond donors (Lipinski definition) is 2. The molecule has 1 saturated carbocycles. The highest BCUT2D eigenvalue weighted by molar-refractivity contribution is 9.10. The van der Waals surface area contributed by atoms with E-state index in [4.69, 9.17) is 4.74 Å². The summed E-state index contributed by atoms with van der Waals surface area (Å²) in [6, 6.07) is 18.3. The molecule has 1 aliphatic carbocycles. The Balaban J connectivity index is 1.54. The van der Waals surface area contributed by atoms with Crippen LogP contribution in [-0.2, 0) is 16.0 Å². The highest BCUT2D eigenvalue weighted by Crippen LogP contribution is 2.30. The van der Waals surface area contributed by atoms with Crippen molar-refractivity contribution in [2.45, 2.75) is 64.5 Å². The van der Waals surface area contributed by atoms with Gasteiger partial charge in [0.25, 0.3) is 0 Å². The first-order valence-electron chi connectivity index (χ1n) is 11.8. The van der Waals surface area contributed by atoms with Crippen LogP contribution in [0.1, 0.15) is 63.6 Å². The lowest BCUT2D eigenvalue weighted by Crippen LogP contribution is -2.39. The minimum absolute atomic E-state index is 0.00760. The van der Waals surface area contributed by atoms with E-state index in [0.717, 1.165) is 42.1 Å². The topological polar surface area (TPSA) is 67.4 Å². The Kier molecular flexibility index (Phi) is 8.95. The van der Waals surface area contributed by atoms with Crippen LogP contribution >= 0.6 is 15.9 Å². The van der Waals surface area contributed by atoms with E-state index < -0.39 is 5.60 Å². The zero-order valence-electron chi connectivity index (χ0n) is 19.8. The fourth-order valence-electron chi connectivity index (χ4n) is 4.29. The molecule has 33 heavy (non-hydrogen) atoms. The summed E-state index contributed by atoms with van der Waals surface area (Å²) in [6.45, 7) is 6.17. The summed E-state index contributed by atoms with van der Waals surface area (Å²) in [7, 11) is 0. The van der Waals surface area contributed by atoms with Crippen molar-refractivity contribution in [1.29, 1.82) is 0 Å². The van der Waals surface area contributed by atoms with Crippen LogP contribution in [-0.4, -0.2) is 24.1 Å². The normalized spacial score (nSPS) is 19.4. The highest BCUT2D eigenvalue weighted by atomic mass is 79.9. The lowest BCUT2D eigenvalue weighted by molar-refractivity contribution is -0.127. The van der Waals surface area contributed by atoms with Gasteiger partial charge in [-0.15, -0.1) is 0 Å². The van der Waals surface area contributed by atoms with Crippen LogP contribution in [0.4, 0.5) is 4.79 Å². The summed E-state index contributed by atoms with van der Waals surface area (Å²) in [5.41, 5.74) is 1.79. The fourth-order valence-corrected chi connectivity index (χ4v) is 4.70. The van der Waals surface area contributed by atoms with Crippen LogP contribution in [0.25, 0.3) is 0 Å². The van der Waals surface area contributed by atoms with Gasteiger partial charge in [-0.25, -0.2) is 4.79 Å². The zero-order chi connectivity index (χ0) is 23.8. The van der Waals surface area contributed by atoms with E-state index in [1.807, 2.05) is 51.1 Å². The Hall–Kier alpha value is -2.34. The van der Waals surface area contributed by atoms with E-state index >= 15 is 0 Å². The maximum absolute atomic E-state index is 13.2. The lowest BCUT2D eigenvalue weighted by atomic mass is 9.81. The van der Waals surface area contributed by atoms with E-state index in [9.17, 15) is 9.59 Å². The van der Waals surface area contributed by atoms with Crippen molar-refractivity contribution in [3.63, 3.8) is 0 Å². The second kappa shape index (κ2) is 11.7. The molecule has 2 aromatic rings. The first-order chi connectivity index (χ1) is 15.7. The first-order valence-corrected chi connectivity index (χ1v) is 12.6. The maximum atomic E-state index is 13.2. The average molecular weight is 515 g/mol. The number of hydrogen-bond acceptors (Lipinski definition) is 3. The summed E-state index contributed by atoms with van der Waals surface area (Å²) in [4.78, 5) is 25.1. The summed E-state index contributed by atoms with van der Waals surface area (Å²) in [5.74, 6) is 0.509. The predicted molar refractivity (Wildman–Crippen MR) is 135 cm³/mol. The Bertz CT molecular complexity index is 918. The molecule has 0 saturated heterocycles. The molecule has 0 unspecified atom stereocenters. The number of carbonyl (C=O) groups excluding carboxylic acids is 2. The van der Waals surface area contributed by atoms with Gasteiger partial charge in [0.2, 0.25) is 5.91 Å². The molecule has 1 aliphatic rings. The van der Waals surface area contributed by atoms with Crippen molar-refractivity contribution in [3.05, 3.63) is 70.2 Å². The third-order valence-electron chi connectivity index (χ3n) is 6.00. The summed E-state index contributed by atoms with van der Waals surface area (Å²) in [5, 5.41) is 6.19. The molecule has 2 aromatic carbocycles. The minimum atomic E-state index is -0.496. The molecule has 1 fully saturated rings. The molecule has 3 rings (SSSR count). The average Bonchev–Trinajstić information content (AvgIpc) is 2.77. The number of carbonyl (C=O) groups is 2. The van der Waals surface area contributed by atoms with Crippen molar-refractivity contribution in [3.8, 4) is 0 Å². The number of halogens is 1. The molecule has 2 N–H and O–H groups in total. The van der Waals surface area contributed by atoms with Gasteiger partial charge < -0.3 is 15.4 Å². The molecule has 0 spiro atoms. The summed E-state index contributed by atoms with van der Waals surface area (Å²) < 4.78 is 6.32. The molecule has 5 nitrogen and oxygen atoms in total. The molecular formula is C27H35BrN2O3. The molecule has 0 radical (unpaired) electrons. The summed E-state index contributed by atoms with van der Waals surface area (Å²) in [6.07, 6.45) is 3.90. The van der Waals surface area contributed by atoms with Crippen molar-refractivity contribution < 1.29 is 14.3 Å². The third-order valence-corrected chi connectivity index (χ3v) is 6.49. The zero-order valence-corrected chi connectivity index (χ0v) is 21.4. The number of rotatable bonds is 7. The van der Waals surface area contributed by atoms with Crippen LogP contribution in [0, 0.1) is 11.8 Å². The molecule has 1 atom stereocenters.